The number of aliphatic hydroxyl groups is 1. The lowest BCUT2D eigenvalue weighted by molar-refractivity contribution is -0.134. The monoisotopic (exact) mass is 396 g/mol. The molecule has 2 aliphatic rings. The molecule has 2 heterocycles. The number of fused-ring (bicyclic) bond motifs is 3. The number of methoxy groups -OCH3 is 1. The Kier molecular flexibility index (Phi) is 5.61. The van der Waals surface area contributed by atoms with Gasteiger partial charge in [-0.2, -0.15) is 0 Å². The van der Waals surface area contributed by atoms with E-state index in [4.69, 9.17) is 32.9 Å². The Morgan fingerprint density at radius 3 is 2.50 bits per heavy atom. The smallest absolute Gasteiger partial charge is 0.248 e. The number of carbonyl (C=O) groups excluding carboxylic acids is 1. The zero-order valence-electron chi connectivity index (χ0n) is 15.1. The zero-order valence-corrected chi connectivity index (χ0v) is 16.6. The van der Waals surface area contributed by atoms with Crippen LogP contribution in [0, 0.1) is 0 Å². The van der Waals surface area contributed by atoms with Gasteiger partial charge in [-0.05, 0) is 30.0 Å². The summed E-state index contributed by atoms with van der Waals surface area (Å²) < 4.78 is 5.31. The third kappa shape index (κ3) is 3.13. The number of aliphatic hydroxyl groups excluding tert-OH is 1. The first-order valence-electron chi connectivity index (χ1n) is 8.81. The summed E-state index contributed by atoms with van der Waals surface area (Å²) in [6.45, 7) is 4.43. The second-order valence-electron chi connectivity index (χ2n) is 6.24. The quantitative estimate of drug-likeness (QED) is 0.840. The fraction of sp³-hybridized carbons (Fsp3) is 0.474. The number of amides is 1. The average Bonchev–Trinajstić information content (AvgIpc) is 3.42. The first-order chi connectivity index (χ1) is 12.5. The number of rotatable bonds is 3. The van der Waals surface area contributed by atoms with Gasteiger partial charge in [0.05, 0.1) is 17.6 Å². The molecule has 1 aliphatic carbocycles. The van der Waals surface area contributed by atoms with Crippen LogP contribution in [0.1, 0.15) is 49.4 Å². The lowest BCUT2D eigenvalue weighted by atomic mass is 10.0. The molecule has 1 N–H and O–H groups in total. The largest absolute Gasteiger partial charge is 0.495 e. The number of hydrogen-bond acceptors (Lipinski definition) is 4. The lowest BCUT2D eigenvalue weighted by Gasteiger charge is -2.13. The van der Waals surface area contributed by atoms with Crippen molar-refractivity contribution in [2.75, 3.05) is 13.7 Å². The van der Waals surface area contributed by atoms with Crippen molar-refractivity contribution in [2.45, 2.75) is 45.7 Å². The van der Waals surface area contributed by atoms with E-state index in [1.54, 1.807) is 4.90 Å². The molecule has 7 heteroatoms. The molecule has 0 radical (unpaired) electrons. The van der Waals surface area contributed by atoms with Crippen molar-refractivity contribution >= 4 is 40.0 Å². The van der Waals surface area contributed by atoms with Gasteiger partial charge in [-0.25, -0.2) is 0 Å². The van der Waals surface area contributed by atoms with Gasteiger partial charge in [0.1, 0.15) is 17.4 Å². The minimum Gasteiger partial charge on any atom is -0.495 e. The summed E-state index contributed by atoms with van der Waals surface area (Å²) in [5, 5.41) is 10.8. The van der Waals surface area contributed by atoms with Crippen molar-refractivity contribution in [3.63, 3.8) is 0 Å². The number of halogens is 2. The van der Waals surface area contributed by atoms with Crippen LogP contribution < -0.4 is 4.74 Å². The Balaban J connectivity index is 0.000000948. The Hall–Kier alpha value is -1.56. The van der Waals surface area contributed by atoms with Gasteiger partial charge in [-0.3, -0.25) is 9.78 Å². The molecular formula is C19H22Cl2N2O3. The van der Waals surface area contributed by atoms with E-state index in [2.05, 4.69) is 0 Å². The number of pyridine rings is 1. The van der Waals surface area contributed by atoms with Crippen molar-refractivity contribution in [3.8, 4) is 5.75 Å². The first-order valence-corrected chi connectivity index (χ1v) is 9.56. The average molecular weight is 397 g/mol. The predicted octanol–water partition coefficient (Wildman–Crippen LogP) is 4.29. The molecule has 1 amide bonds. The first kappa shape index (κ1) is 19.2. The Morgan fingerprint density at radius 1 is 1.27 bits per heavy atom. The summed E-state index contributed by atoms with van der Waals surface area (Å²) >= 11 is 12.7. The maximum Gasteiger partial charge on any atom is 0.248 e. The Bertz CT molecular complexity index is 866. The molecule has 2 aromatic rings. The zero-order chi connectivity index (χ0) is 19.0. The van der Waals surface area contributed by atoms with Crippen LogP contribution in [-0.4, -0.2) is 34.6 Å². The Morgan fingerprint density at radius 2 is 1.92 bits per heavy atom. The van der Waals surface area contributed by atoms with Crippen LogP contribution in [0.3, 0.4) is 0 Å². The highest BCUT2D eigenvalue weighted by Gasteiger charge is 2.35. The molecule has 0 saturated heterocycles. The molecule has 1 aliphatic heterocycles. The van der Waals surface area contributed by atoms with Gasteiger partial charge in [0, 0.05) is 30.1 Å². The van der Waals surface area contributed by atoms with Crippen LogP contribution >= 0.6 is 23.2 Å². The molecule has 0 unspecified atom stereocenters. The number of ether oxygens (including phenoxy) is 1. The van der Waals surface area contributed by atoms with Crippen LogP contribution in [0.4, 0.5) is 0 Å². The van der Waals surface area contributed by atoms with Gasteiger partial charge in [-0.1, -0.05) is 37.0 Å². The number of nitrogens with zero attached hydrogens (tertiary/aromatic N) is 2. The molecule has 26 heavy (non-hydrogen) atoms. The highest BCUT2D eigenvalue weighted by molar-refractivity contribution is 6.46. The van der Waals surface area contributed by atoms with Gasteiger partial charge in [-0.15, -0.1) is 0 Å². The topological polar surface area (TPSA) is 62.7 Å². The van der Waals surface area contributed by atoms with E-state index in [9.17, 15) is 9.90 Å². The molecule has 1 fully saturated rings. The third-order valence-electron chi connectivity index (χ3n) is 4.75. The summed E-state index contributed by atoms with van der Waals surface area (Å²) in [7, 11) is 1.54. The Labute approximate surface area is 162 Å². The fourth-order valence-corrected chi connectivity index (χ4v) is 3.81. The van der Waals surface area contributed by atoms with Gasteiger partial charge >= 0.3 is 0 Å². The summed E-state index contributed by atoms with van der Waals surface area (Å²) in [5.41, 5.74) is 3.77. The minimum atomic E-state index is -0.492. The van der Waals surface area contributed by atoms with Gasteiger partial charge in [0.2, 0.25) is 5.91 Å². The lowest BCUT2D eigenvalue weighted by Crippen LogP contribution is -2.27. The normalized spacial score (nSPS) is 15.5. The molecule has 0 atom stereocenters. The number of carbonyl (C=O) groups is 1. The summed E-state index contributed by atoms with van der Waals surface area (Å²) in [5.74, 6) is 0.627. The molecule has 140 valence electrons. The summed E-state index contributed by atoms with van der Waals surface area (Å²) in [6.07, 6.45) is 2.20. The molecule has 0 bridgehead atoms. The third-order valence-corrected chi connectivity index (χ3v) is 5.59. The maximum absolute atomic E-state index is 11.9. The van der Waals surface area contributed by atoms with E-state index in [-0.39, 0.29) is 5.91 Å². The van der Waals surface area contributed by atoms with Gasteiger partial charge in [0.25, 0.3) is 0 Å². The van der Waals surface area contributed by atoms with E-state index in [0.29, 0.717) is 40.3 Å². The van der Waals surface area contributed by atoms with Crippen molar-refractivity contribution in [1.82, 2.24) is 9.88 Å². The maximum atomic E-state index is 11.9. The van der Waals surface area contributed by atoms with Crippen LogP contribution in [0.15, 0.2) is 6.07 Å². The number of hydrogen-bond donors (Lipinski definition) is 1. The highest BCUT2D eigenvalue weighted by Crippen LogP contribution is 2.47. The van der Waals surface area contributed by atoms with Crippen molar-refractivity contribution < 1.29 is 14.6 Å². The number of aromatic nitrogens is 1. The predicted molar refractivity (Wildman–Crippen MR) is 103 cm³/mol. The van der Waals surface area contributed by atoms with Crippen molar-refractivity contribution in [1.29, 1.82) is 0 Å². The molecule has 1 aromatic carbocycles. The molecule has 1 saturated carbocycles. The van der Waals surface area contributed by atoms with E-state index < -0.39 is 6.61 Å². The van der Waals surface area contributed by atoms with E-state index in [1.165, 1.54) is 7.11 Å². The second kappa shape index (κ2) is 7.59. The van der Waals surface area contributed by atoms with Crippen molar-refractivity contribution in [3.05, 3.63) is 32.9 Å². The van der Waals surface area contributed by atoms with E-state index >= 15 is 0 Å². The standard InChI is InChI=1S/C17H16Cl2N2O3.C2H6/c1-24-12-4-9-10-5-21(13(23)7-22)6-11(10)16(8-2-3-8)20-17(9)15(19)14(12)18;1-2/h4,8,22H,2-3,5-7H2,1H3;1-2H3. The highest BCUT2D eigenvalue weighted by atomic mass is 35.5. The molecule has 0 spiro atoms. The second-order valence-corrected chi connectivity index (χ2v) is 7.00. The van der Waals surface area contributed by atoms with Crippen LogP contribution in [0.2, 0.25) is 10.0 Å². The van der Waals surface area contributed by atoms with E-state index in [1.807, 2.05) is 19.9 Å². The fourth-order valence-electron chi connectivity index (χ4n) is 3.35. The number of benzene rings is 1. The molecule has 5 nitrogen and oxygen atoms in total. The van der Waals surface area contributed by atoms with Gasteiger partial charge in [0.15, 0.2) is 0 Å². The SMILES string of the molecule is CC.COc1cc2c3c(c(C4CC4)nc2c(Cl)c1Cl)CN(C(=O)CO)C3. The molecule has 4 rings (SSSR count). The van der Waals surface area contributed by atoms with Crippen LogP contribution in [0.5, 0.6) is 5.75 Å². The van der Waals surface area contributed by atoms with Crippen molar-refractivity contribution in [2.24, 2.45) is 0 Å². The van der Waals surface area contributed by atoms with E-state index in [0.717, 1.165) is 35.0 Å². The molecule has 1 aromatic heterocycles. The molecular weight excluding hydrogens is 375 g/mol. The van der Waals surface area contributed by atoms with Gasteiger partial charge < -0.3 is 14.7 Å². The van der Waals surface area contributed by atoms with Crippen LogP contribution in [-0.2, 0) is 17.9 Å². The van der Waals surface area contributed by atoms with Crippen LogP contribution in [0.25, 0.3) is 10.9 Å². The minimum absolute atomic E-state index is 0.284. The summed E-state index contributed by atoms with van der Waals surface area (Å²) in [6, 6.07) is 1.83. The summed E-state index contributed by atoms with van der Waals surface area (Å²) in [4.78, 5) is 18.4.